The van der Waals surface area contributed by atoms with Crippen molar-refractivity contribution in [2.45, 2.75) is 0 Å². The van der Waals surface area contributed by atoms with E-state index in [1.54, 1.807) is 12.1 Å². The number of nitrogen functional groups attached to an aromatic ring is 2. The van der Waals surface area contributed by atoms with Gasteiger partial charge in [-0.25, -0.2) is 4.68 Å². The third-order valence-corrected chi connectivity index (χ3v) is 1.97. The number of benzene rings is 1. The SMILES string of the molecule is Nc1cc2ccccc2n(N)c1=O. The zero-order chi connectivity index (χ0) is 9.42. The number of nitrogens with zero attached hydrogens (tertiary/aromatic N) is 1. The van der Waals surface area contributed by atoms with Gasteiger partial charge >= 0.3 is 0 Å². The van der Waals surface area contributed by atoms with Crippen molar-refractivity contribution in [3.63, 3.8) is 0 Å². The number of aromatic nitrogens is 1. The molecule has 0 spiro atoms. The average molecular weight is 175 g/mol. The van der Waals surface area contributed by atoms with Crippen molar-refractivity contribution in [2.24, 2.45) is 0 Å². The lowest BCUT2D eigenvalue weighted by molar-refractivity contribution is 0.993. The van der Waals surface area contributed by atoms with Gasteiger partial charge in [-0.2, -0.15) is 0 Å². The Balaban J connectivity index is 3.02. The van der Waals surface area contributed by atoms with Gasteiger partial charge in [0, 0.05) is 5.39 Å². The molecule has 1 aromatic heterocycles. The summed E-state index contributed by atoms with van der Waals surface area (Å²) in [4.78, 5) is 11.3. The molecule has 0 saturated carbocycles. The minimum atomic E-state index is -0.362. The lowest BCUT2D eigenvalue weighted by Crippen LogP contribution is -2.29. The number of nitrogens with two attached hydrogens (primary N) is 2. The Kier molecular flexibility index (Phi) is 1.48. The highest BCUT2D eigenvalue weighted by atomic mass is 16.1. The van der Waals surface area contributed by atoms with Gasteiger partial charge in [-0.1, -0.05) is 18.2 Å². The van der Waals surface area contributed by atoms with Gasteiger partial charge in [0.05, 0.1) is 5.52 Å². The maximum atomic E-state index is 11.3. The molecule has 0 unspecified atom stereocenters. The van der Waals surface area contributed by atoms with Gasteiger partial charge in [-0.05, 0) is 12.1 Å². The van der Waals surface area contributed by atoms with E-state index in [9.17, 15) is 4.79 Å². The minimum Gasteiger partial charge on any atom is -0.394 e. The zero-order valence-corrected chi connectivity index (χ0v) is 6.90. The predicted octanol–water partition coefficient (Wildman–Crippen LogP) is 0.297. The van der Waals surface area contributed by atoms with Crippen LogP contribution in [0.1, 0.15) is 0 Å². The molecule has 0 amide bonds. The normalized spacial score (nSPS) is 10.5. The first-order chi connectivity index (χ1) is 6.20. The zero-order valence-electron chi connectivity index (χ0n) is 6.90. The molecule has 0 aliphatic heterocycles. The van der Waals surface area contributed by atoms with E-state index in [2.05, 4.69) is 0 Å². The lowest BCUT2D eigenvalue weighted by atomic mass is 10.2. The van der Waals surface area contributed by atoms with E-state index in [1.807, 2.05) is 18.2 Å². The van der Waals surface area contributed by atoms with Gasteiger partial charge in [0.15, 0.2) is 0 Å². The standard InChI is InChI=1S/C9H9N3O/c10-7-5-6-3-1-2-4-8(6)12(11)9(7)13/h1-5H,10-11H2. The van der Waals surface area contributed by atoms with E-state index in [0.29, 0.717) is 5.52 Å². The minimum absolute atomic E-state index is 0.168. The van der Waals surface area contributed by atoms with E-state index in [0.717, 1.165) is 10.1 Å². The fourth-order valence-electron chi connectivity index (χ4n) is 1.31. The smallest absolute Gasteiger partial charge is 0.292 e. The van der Waals surface area contributed by atoms with Gasteiger partial charge in [0.2, 0.25) is 0 Å². The molecule has 4 N–H and O–H groups in total. The van der Waals surface area contributed by atoms with Gasteiger partial charge in [-0.15, -0.1) is 0 Å². The van der Waals surface area contributed by atoms with Crippen LogP contribution in [0, 0.1) is 0 Å². The fourth-order valence-corrected chi connectivity index (χ4v) is 1.31. The van der Waals surface area contributed by atoms with Crippen LogP contribution >= 0.6 is 0 Å². The number of rotatable bonds is 0. The molecule has 0 saturated heterocycles. The molecular formula is C9H9N3O. The molecule has 66 valence electrons. The summed E-state index contributed by atoms with van der Waals surface area (Å²) in [6.45, 7) is 0. The maximum Gasteiger partial charge on any atom is 0.292 e. The van der Waals surface area contributed by atoms with Crippen molar-refractivity contribution in [2.75, 3.05) is 11.6 Å². The van der Waals surface area contributed by atoms with Gasteiger partial charge in [0.25, 0.3) is 5.56 Å². The Morgan fingerprint density at radius 2 is 1.92 bits per heavy atom. The molecule has 0 radical (unpaired) electrons. The first kappa shape index (κ1) is 7.67. The van der Waals surface area contributed by atoms with Crippen molar-refractivity contribution in [3.8, 4) is 0 Å². The van der Waals surface area contributed by atoms with Gasteiger partial charge < -0.3 is 11.6 Å². The summed E-state index contributed by atoms with van der Waals surface area (Å²) in [7, 11) is 0. The Morgan fingerprint density at radius 3 is 2.69 bits per heavy atom. The molecule has 0 aliphatic rings. The summed E-state index contributed by atoms with van der Waals surface area (Å²) in [5.74, 6) is 5.54. The third-order valence-electron chi connectivity index (χ3n) is 1.97. The van der Waals surface area contributed by atoms with Crippen LogP contribution in [0.5, 0.6) is 0 Å². The lowest BCUT2D eigenvalue weighted by Gasteiger charge is -2.04. The second-order valence-electron chi connectivity index (χ2n) is 2.83. The van der Waals surface area contributed by atoms with Crippen molar-refractivity contribution in [1.29, 1.82) is 0 Å². The van der Waals surface area contributed by atoms with Crippen LogP contribution in [0.15, 0.2) is 35.1 Å². The highest BCUT2D eigenvalue weighted by molar-refractivity contribution is 5.81. The molecule has 0 bridgehead atoms. The molecule has 0 aliphatic carbocycles. The molecule has 0 fully saturated rings. The van der Waals surface area contributed by atoms with Crippen molar-refractivity contribution < 1.29 is 0 Å². The van der Waals surface area contributed by atoms with E-state index < -0.39 is 0 Å². The van der Waals surface area contributed by atoms with Crippen LogP contribution in [0.25, 0.3) is 10.9 Å². The summed E-state index contributed by atoms with van der Waals surface area (Å²) in [5.41, 5.74) is 5.96. The molecule has 1 aromatic carbocycles. The first-order valence-electron chi connectivity index (χ1n) is 3.85. The molecule has 4 nitrogen and oxygen atoms in total. The Hall–Kier alpha value is -1.97. The summed E-state index contributed by atoms with van der Waals surface area (Å²) in [6, 6.07) is 8.94. The van der Waals surface area contributed by atoms with Crippen molar-refractivity contribution >= 4 is 16.6 Å². The van der Waals surface area contributed by atoms with Crippen LogP contribution in [-0.2, 0) is 0 Å². The Morgan fingerprint density at radius 1 is 1.23 bits per heavy atom. The van der Waals surface area contributed by atoms with Gasteiger partial charge in [0.1, 0.15) is 5.69 Å². The molecule has 13 heavy (non-hydrogen) atoms. The number of hydrogen-bond acceptors (Lipinski definition) is 3. The fraction of sp³-hybridized carbons (Fsp3) is 0. The van der Waals surface area contributed by atoms with E-state index in [-0.39, 0.29) is 11.2 Å². The first-order valence-corrected chi connectivity index (χ1v) is 3.85. The van der Waals surface area contributed by atoms with Crippen molar-refractivity contribution in [3.05, 3.63) is 40.7 Å². The predicted molar refractivity (Wildman–Crippen MR) is 52.8 cm³/mol. The van der Waals surface area contributed by atoms with Crippen molar-refractivity contribution in [1.82, 2.24) is 4.68 Å². The number of hydrogen-bond donors (Lipinski definition) is 2. The summed E-state index contributed by atoms with van der Waals surface area (Å²) in [5, 5.41) is 0.863. The summed E-state index contributed by atoms with van der Waals surface area (Å²) in [6.07, 6.45) is 0. The highest BCUT2D eigenvalue weighted by Gasteiger charge is 2.02. The molecule has 2 rings (SSSR count). The van der Waals surface area contributed by atoms with E-state index in [1.165, 1.54) is 0 Å². The Labute approximate surface area is 74.4 Å². The molecular weight excluding hydrogens is 166 g/mol. The topological polar surface area (TPSA) is 74.0 Å². The number of pyridine rings is 1. The van der Waals surface area contributed by atoms with Crippen LogP contribution in [0.3, 0.4) is 0 Å². The van der Waals surface area contributed by atoms with Crippen LogP contribution in [-0.4, -0.2) is 4.68 Å². The average Bonchev–Trinajstić information content (AvgIpc) is 2.15. The van der Waals surface area contributed by atoms with E-state index >= 15 is 0 Å². The number of anilines is 1. The quantitative estimate of drug-likeness (QED) is 0.565. The van der Waals surface area contributed by atoms with E-state index in [4.69, 9.17) is 11.6 Å². The molecule has 2 aromatic rings. The monoisotopic (exact) mass is 175 g/mol. The summed E-state index contributed by atoms with van der Waals surface area (Å²) >= 11 is 0. The third kappa shape index (κ3) is 1.03. The van der Waals surface area contributed by atoms with Crippen LogP contribution in [0.4, 0.5) is 5.69 Å². The second kappa shape index (κ2) is 2.52. The van der Waals surface area contributed by atoms with Crippen LogP contribution < -0.4 is 17.1 Å². The Bertz CT molecular complexity index is 516. The second-order valence-corrected chi connectivity index (χ2v) is 2.83. The molecule has 4 heteroatoms. The number of fused-ring (bicyclic) bond motifs is 1. The molecule has 1 heterocycles. The summed E-state index contributed by atoms with van der Waals surface area (Å²) < 4.78 is 1.06. The van der Waals surface area contributed by atoms with Gasteiger partial charge in [-0.3, -0.25) is 4.79 Å². The number of para-hydroxylation sites is 1. The van der Waals surface area contributed by atoms with Crippen LogP contribution in [0.2, 0.25) is 0 Å². The molecule has 0 atom stereocenters. The largest absolute Gasteiger partial charge is 0.394 e. The maximum absolute atomic E-state index is 11.3. The highest BCUT2D eigenvalue weighted by Crippen LogP contribution is 2.11.